The quantitative estimate of drug-likeness (QED) is 0.312. The van der Waals surface area contributed by atoms with E-state index in [0.29, 0.717) is 43.2 Å². The summed E-state index contributed by atoms with van der Waals surface area (Å²) in [5, 5.41) is -0.0330. The first-order valence-corrected chi connectivity index (χ1v) is 17.3. The Balaban J connectivity index is 1.55. The number of fused-ring (bicyclic) bond motifs is 3. The molecule has 8 nitrogen and oxygen atoms in total. The Hall–Kier alpha value is -3.04. The van der Waals surface area contributed by atoms with E-state index in [4.69, 9.17) is 21.1 Å². The van der Waals surface area contributed by atoms with Crippen molar-refractivity contribution in [1.29, 1.82) is 0 Å². The molecule has 1 N–H and O–H groups in total. The molecule has 2 bridgehead atoms. The van der Waals surface area contributed by atoms with E-state index >= 15 is 0 Å². The number of esters is 1. The summed E-state index contributed by atoms with van der Waals surface area (Å²) in [6.45, 7) is 5.00. The predicted molar refractivity (Wildman–Crippen MR) is 168 cm³/mol. The van der Waals surface area contributed by atoms with E-state index in [1.54, 1.807) is 25.1 Å². The monoisotopic (exact) mass is 628 g/mol. The molecule has 1 saturated carbocycles. The lowest BCUT2D eigenvalue weighted by molar-refractivity contribution is -0.149. The standard InChI is InChI=1S/C33H41ClN2O6S/c1-3-28-9-4-5-10-31(42-22(2)37)29-15-12-25(29)20-36-17-7-6-8-23-18-27(34)14-11-26(23)21-41-32-16-13-24(19-30(32)36)33(38)35-43(28,39)40/h5,10-11,13-14,16,18-19,25,28-29,31H,3-4,6-9,12,15,17,20-21H2,1-2H3,(H,35,38)/b10-5+/t25-,28+,29+,31-/m0/s1. The molecule has 0 radical (unpaired) electrons. The molecule has 43 heavy (non-hydrogen) atoms. The van der Waals surface area contributed by atoms with Crippen molar-refractivity contribution < 1.29 is 27.5 Å². The SMILES string of the molecule is CC[C@@H]1CC/C=C/[C@H](OC(C)=O)[C@@H]2CC[C@H]2CN2CCCCc3cc(Cl)ccc3COc3ccc(cc32)C(=O)NS1(=O)=O. The number of ether oxygens (including phenoxy) is 2. The fourth-order valence-electron chi connectivity index (χ4n) is 6.44. The Morgan fingerprint density at radius 1 is 1.12 bits per heavy atom. The minimum atomic E-state index is -3.91. The molecule has 2 aromatic rings. The molecule has 2 heterocycles. The van der Waals surface area contributed by atoms with Crippen LogP contribution in [0.5, 0.6) is 5.75 Å². The van der Waals surface area contributed by atoms with Crippen LogP contribution < -0.4 is 14.4 Å². The second kappa shape index (κ2) is 13.7. The van der Waals surface area contributed by atoms with Gasteiger partial charge in [0.2, 0.25) is 10.0 Å². The van der Waals surface area contributed by atoms with Gasteiger partial charge in [0.1, 0.15) is 18.5 Å². The molecular formula is C33H41ClN2O6S. The third-order valence-electron chi connectivity index (χ3n) is 9.00. The number of rotatable bonds is 2. The molecule has 10 heteroatoms. The van der Waals surface area contributed by atoms with Gasteiger partial charge in [-0.2, -0.15) is 0 Å². The maximum atomic E-state index is 13.3. The Morgan fingerprint density at radius 2 is 1.95 bits per heavy atom. The van der Waals surface area contributed by atoms with E-state index < -0.39 is 21.2 Å². The van der Waals surface area contributed by atoms with E-state index in [9.17, 15) is 18.0 Å². The second-order valence-electron chi connectivity index (χ2n) is 11.9. The highest BCUT2D eigenvalue weighted by Gasteiger charge is 2.39. The summed E-state index contributed by atoms with van der Waals surface area (Å²) < 4.78 is 41.0. The first-order valence-electron chi connectivity index (χ1n) is 15.3. The first kappa shape index (κ1) is 31.4. The van der Waals surface area contributed by atoms with Crippen molar-refractivity contribution in [2.24, 2.45) is 11.8 Å². The number of carbonyl (C=O) groups is 2. The lowest BCUT2D eigenvalue weighted by atomic mass is 9.70. The van der Waals surface area contributed by atoms with Crippen molar-refractivity contribution in [2.75, 3.05) is 18.0 Å². The Morgan fingerprint density at radius 3 is 2.70 bits per heavy atom. The van der Waals surface area contributed by atoms with Crippen LogP contribution in [0.1, 0.15) is 80.3 Å². The Bertz CT molecular complexity index is 1480. The van der Waals surface area contributed by atoms with Gasteiger partial charge >= 0.3 is 5.97 Å². The summed E-state index contributed by atoms with van der Waals surface area (Å²) in [4.78, 5) is 27.7. The molecule has 3 aliphatic rings. The lowest BCUT2D eigenvalue weighted by Crippen LogP contribution is -2.44. The van der Waals surface area contributed by atoms with Crippen molar-refractivity contribution in [3.63, 3.8) is 0 Å². The summed E-state index contributed by atoms with van der Waals surface area (Å²) >= 11 is 6.31. The fourth-order valence-corrected chi connectivity index (χ4v) is 8.06. The summed E-state index contributed by atoms with van der Waals surface area (Å²) in [6.07, 6.45) is 9.36. The number of hydrogen-bond donors (Lipinski definition) is 1. The summed E-state index contributed by atoms with van der Waals surface area (Å²) in [7, 11) is -3.91. The molecule has 0 unspecified atom stereocenters. The van der Waals surface area contributed by atoms with E-state index in [0.717, 1.165) is 55.5 Å². The van der Waals surface area contributed by atoms with Crippen molar-refractivity contribution in [3.05, 3.63) is 70.3 Å². The molecule has 0 spiro atoms. The van der Waals surface area contributed by atoms with Crippen LogP contribution in [-0.4, -0.2) is 44.7 Å². The molecule has 1 fully saturated rings. The molecule has 1 amide bonds. The van der Waals surface area contributed by atoms with Crippen LogP contribution in [0.25, 0.3) is 0 Å². The highest BCUT2D eigenvalue weighted by molar-refractivity contribution is 7.90. The van der Waals surface area contributed by atoms with E-state index in [2.05, 4.69) is 9.62 Å². The minimum Gasteiger partial charge on any atom is -0.487 e. The van der Waals surface area contributed by atoms with E-state index in [-0.39, 0.29) is 29.5 Å². The van der Waals surface area contributed by atoms with Gasteiger partial charge < -0.3 is 14.4 Å². The third kappa shape index (κ3) is 7.55. The predicted octanol–water partition coefficient (Wildman–Crippen LogP) is 6.21. The topological polar surface area (TPSA) is 102 Å². The molecule has 232 valence electrons. The maximum absolute atomic E-state index is 13.3. The van der Waals surface area contributed by atoms with Crippen molar-refractivity contribution in [3.8, 4) is 5.75 Å². The van der Waals surface area contributed by atoms with Gasteiger partial charge in [-0.25, -0.2) is 13.1 Å². The van der Waals surface area contributed by atoms with Crippen LogP contribution in [0.15, 0.2) is 48.6 Å². The lowest BCUT2D eigenvalue weighted by Gasteiger charge is -2.43. The van der Waals surface area contributed by atoms with Crippen LogP contribution in [0.3, 0.4) is 0 Å². The van der Waals surface area contributed by atoms with Gasteiger partial charge in [0.25, 0.3) is 5.91 Å². The van der Waals surface area contributed by atoms with Gasteiger partial charge in [0.05, 0.1) is 10.9 Å². The zero-order valence-electron chi connectivity index (χ0n) is 24.9. The number of nitrogens with zero attached hydrogens (tertiary/aromatic N) is 1. The average molecular weight is 629 g/mol. The molecule has 5 rings (SSSR count). The second-order valence-corrected chi connectivity index (χ2v) is 14.3. The van der Waals surface area contributed by atoms with Crippen LogP contribution in [0, 0.1) is 11.8 Å². The molecule has 4 atom stereocenters. The smallest absolute Gasteiger partial charge is 0.303 e. The Kier molecular flexibility index (Phi) is 10.0. The zero-order chi connectivity index (χ0) is 30.6. The average Bonchev–Trinajstić information content (AvgIpc) is 2.97. The molecule has 2 aromatic carbocycles. The van der Waals surface area contributed by atoms with Gasteiger partial charge in [0.15, 0.2) is 0 Å². The van der Waals surface area contributed by atoms with Crippen molar-refractivity contribution >= 4 is 39.2 Å². The third-order valence-corrected chi connectivity index (χ3v) is 11.2. The number of nitrogens with one attached hydrogen (secondary N) is 1. The first-order chi connectivity index (χ1) is 20.6. The van der Waals surface area contributed by atoms with Crippen molar-refractivity contribution in [1.82, 2.24) is 4.72 Å². The van der Waals surface area contributed by atoms with Crippen LogP contribution >= 0.6 is 11.6 Å². The van der Waals surface area contributed by atoms with Gasteiger partial charge in [-0.3, -0.25) is 9.59 Å². The number of benzene rings is 2. The van der Waals surface area contributed by atoms with Crippen LogP contribution in [-0.2, 0) is 32.6 Å². The van der Waals surface area contributed by atoms with Crippen LogP contribution in [0.4, 0.5) is 5.69 Å². The van der Waals surface area contributed by atoms with Gasteiger partial charge in [0, 0.05) is 36.5 Å². The number of hydrogen-bond acceptors (Lipinski definition) is 7. The largest absolute Gasteiger partial charge is 0.487 e. The summed E-state index contributed by atoms with van der Waals surface area (Å²) in [6, 6.07) is 11.0. The number of aryl methyl sites for hydroxylation is 1. The number of allylic oxidation sites excluding steroid dienone is 1. The normalized spacial score (nSPS) is 26.7. The number of sulfonamides is 1. The maximum Gasteiger partial charge on any atom is 0.303 e. The zero-order valence-corrected chi connectivity index (χ0v) is 26.5. The van der Waals surface area contributed by atoms with E-state index in [1.807, 2.05) is 30.4 Å². The van der Waals surface area contributed by atoms with Gasteiger partial charge in [-0.15, -0.1) is 0 Å². The molecule has 1 aliphatic carbocycles. The fraction of sp³-hybridized carbons (Fsp3) is 0.515. The number of halogens is 1. The van der Waals surface area contributed by atoms with Gasteiger partial charge in [-0.1, -0.05) is 30.7 Å². The summed E-state index contributed by atoms with van der Waals surface area (Å²) in [5.41, 5.74) is 3.25. The highest BCUT2D eigenvalue weighted by Crippen LogP contribution is 2.42. The summed E-state index contributed by atoms with van der Waals surface area (Å²) in [5.74, 6) is 0.0812. The number of carbonyl (C=O) groups excluding carboxylic acids is 2. The minimum absolute atomic E-state index is 0.152. The van der Waals surface area contributed by atoms with Crippen molar-refractivity contribution in [2.45, 2.75) is 83.2 Å². The number of anilines is 1. The van der Waals surface area contributed by atoms with E-state index in [1.165, 1.54) is 6.92 Å². The highest BCUT2D eigenvalue weighted by atomic mass is 35.5. The molecular weight excluding hydrogens is 588 g/mol. The molecule has 0 saturated heterocycles. The van der Waals surface area contributed by atoms with Crippen LogP contribution in [0.2, 0.25) is 5.02 Å². The molecule has 2 aliphatic heterocycles. The van der Waals surface area contributed by atoms with Gasteiger partial charge in [-0.05, 0) is 105 Å². The number of amides is 1. The molecule has 0 aromatic heterocycles. The Labute approximate surface area is 259 Å².